The number of nitrogens with one attached hydrogen (secondary N) is 2. The zero-order chi connectivity index (χ0) is 20.7. The molecule has 0 aliphatic rings. The highest BCUT2D eigenvalue weighted by Gasteiger charge is 2.17. The SMILES string of the molecule is O=C(COC(=O)CNS(=O)(=O)c1ccc(F)cc1)Nc1ccc([N+](=O)[O-])cc1. The maximum absolute atomic E-state index is 12.8. The molecule has 0 atom stereocenters. The summed E-state index contributed by atoms with van der Waals surface area (Å²) in [5, 5.41) is 12.9. The third-order valence-electron chi connectivity index (χ3n) is 3.26. The zero-order valence-electron chi connectivity index (χ0n) is 14.1. The maximum Gasteiger partial charge on any atom is 0.321 e. The molecule has 0 fully saturated rings. The largest absolute Gasteiger partial charge is 0.455 e. The van der Waals surface area contributed by atoms with E-state index in [4.69, 9.17) is 0 Å². The predicted molar refractivity (Wildman–Crippen MR) is 94.3 cm³/mol. The molecule has 1 amide bonds. The Bertz CT molecular complexity index is 976. The minimum atomic E-state index is -4.04. The highest BCUT2D eigenvalue weighted by atomic mass is 32.2. The van der Waals surface area contributed by atoms with Crippen molar-refractivity contribution in [2.45, 2.75) is 4.90 Å². The summed E-state index contributed by atoms with van der Waals surface area (Å²) in [6.07, 6.45) is 0. The van der Waals surface area contributed by atoms with Crippen LogP contribution in [0.25, 0.3) is 0 Å². The fourth-order valence-electron chi connectivity index (χ4n) is 1.91. The predicted octanol–water partition coefficient (Wildman–Crippen LogP) is 1.19. The fraction of sp³-hybridized carbons (Fsp3) is 0.125. The van der Waals surface area contributed by atoms with Crippen LogP contribution in [0.3, 0.4) is 0 Å². The summed E-state index contributed by atoms with van der Waals surface area (Å²) in [6.45, 7) is -1.42. The second kappa shape index (κ2) is 9.01. The van der Waals surface area contributed by atoms with Crippen LogP contribution in [0.4, 0.5) is 15.8 Å². The van der Waals surface area contributed by atoms with Gasteiger partial charge in [-0.05, 0) is 36.4 Å². The van der Waals surface area contributed by atoms with E-state index in [1.807, 2.05) is 4.72 Å². The van der Waals surface area contributed by atoms with Gasteiger partial charge in [-0.2, -0.15) is 4.72 Å². The fourth-order valence-corrected chi connectivity index (χ4v) is 2.88. The highest BCUT2D eigenvalue weighted by Crippen LogP contribution is 2.15. The van der Waals surface area contributed by atoms with E-state index >= 15 is 0 Å². The van der Waals surface area contributed by atoms with Crippen LogP contribution in [-0.2, 0) is 24.3 Å². The van der Waals surface area contributed by atoms with E-state index < -0.39 is 45.8 Å². The standard InChI is InChI=1S/C16H14FN3O7S/c17-11-1-7-14(8-2-11)28(25,26)18-9-16(22)27-10-15(21)19-12-3-5-13(6-4-12)20(23)24/h1-8,18H,9-10H2,(H,19,21). The van der Waals surface area contributed by atoms with E-state index in [0.717, 1.165) is 24.3 Å². The molecule has 0 radical (unpaired) electrons. The molecule has 0 aliphatic heterocycles. The quantitative estimate of drug-likeness (QED) is 0.377. The van der Waals surface area contributed by atoms with Crippen LogP contribution in [0.2, 0.25) is 0 Å². The van der Waals surface area contributed by atoms with Gasteiger partial charge in [-0.1, -0.05) is 0 Å². The lowest BCUT2D eigenvalue weighted by atomic mass is 10.3. The van der Waals surface area contributed by atoms with Gasteiger partial charge in [-0.25, -0.2) is 12.8 Å². The highest BCUT2D eigenvalue weighted by molar-refractivity contribution is 7.89. The molecule has 2 aromatic rings. The summed E-state index contributed by atoms with van der Waals surface area (Å²) < 4.78 is 43.3. The second-order valence-corrected chi connectivity index (χ2v) is 7.06. The third kappa shape index (κ3) is 6.10. The Kier molecular flexibility index (Phi) is 6.74. The van der Waals surface area contributed by atoms with E-state index in [2.05, 4.69) is 10.1 Å². The normalized spacial score (nSPS) is 10.9. The topological polar surface area (TPSA) is 145 Å². The number of hydrogen-bond donors (Lipinski definition) is 2. The number of rotatable bonds is 8. The van der Waals surface area contributed by atoms with Crippen molar-refractivity contribution in [1.29, 1.82) is 0 Å². The first-order valence-corrected chi connectivity index (χ1v) is 9.11. The number of ether oxygens (including phenoxy) is 1. The summed E-state index contributed by atoms with van der Waals surface area (Å²) in [7, 11) is -4.04. The lowest BCUT2D eigenvalue weighted by Crippen LogP contribution is -2.32. The van der Waals surface area contributed by atoms with Gasteiger partial charge in [0.15, 0.2) is 6.61 Å². The van der Waals surface area contributed by atoms with Gasteiger partial charge in [0.2, 0.25) is 10.0 Å². The lowest BCUT2D eigenvalue weighted by Gasteiger charge is -2.08. The van der Waals surface area contributed by atoms with Gasteiger partial charge in [0.05, 0.1) is 9.82 Å². The molecular formula is C16H14FN3O7S. The molecule has 0 aromatic heterocycles. The number of hydrogen-bond acceptors (Lipinski definition) is 7. The van der Waals surface area contributed by atoms with E-state index in [1.54, 1.807) is 0 Å². The zero-order valence-corrected chi connectivity index (χ0v) is 14.9. The van der Waals surface area contributed by atoms with Crippen LogP contribution in [0.1, 0.15) is 0 Å². The molecule has 2 aromatic carbocycles. The van der Waals surface area contributed by atoms with Crippen molar-refractivity contribution in [3.63, 3.8) is 0 Å². The van der Waals surface area contributed by atoms with Crippen LogP contribution >= 0.6 is 0 Å². The summed E-state index contributed by atoms with van der Waals surface area (Å²) in [6, 6.07) is 8.94. The number of halogens is 1. The van der Waals surface area contributed by atoms with Crippen LogP contribution in [0.15, 0.2) is 53.4 Å². The van der Waals surface area contributed by atoms with Crippen molar-refractivity contribution in [2.75, 3.05) is 18.5 Å². The number of nitrogens with zero attached hydrogens (tertiary/aromatic N) is 1. The number of esters is 1. The number of carbonyl (C=O) groups excluding carboxylic acids is 2. The molecule has 0 heterocycles. The van der Waals surface area contributed by atoms with Crippen molar-refractivity contribution in [3.05, 3.63) is 64.5 Å². The van der Waals surface area contributed by atoms with Gasteiger partial charge in [-0.15, -0.1) is 0 Å². The molecule has 0 aliphatic carbocycles. The molecule has 10 nitrogen and oxygen atoms in total. The van der Waals surface area contributed by atoms with Gasteiger partial charge in [0.25, 0.3) is 11.6 Å². The summed E-state index contributed by atoms with van der Waals surface area (Å²) in [4.78, 5) is 33.0. The van der Waals surface area contributed by atoms with Crippen LogP contribution in [0.5, 0.6) is 0 Å². The molecular weight excluding hydrogens is 397 g/mol. The summed E-state index contributed by atoms with van der Waals surface area (Å²) >= 11 is 0. The molecule has 0 bridgehead atoms. The number of sulfonamides is 1. The van der Waals surface area contributed by atoms with Crippen LogP contribution in [-0.4, -0.2) is 38.4 Å². The van der Waals surface area contributed by atoms with E-state index in [9.17, 15) is 32.5 Å². The minimum Gasteiger partial charge on any atom is -0.455 e. The molecule has 0 spiro atoms. The molecule has 0 unspecified atom stereocenters. The number of nitro benzene ring substituents is 1. The Morgan fingerprint density at radius 2 is 1.68 bits per heavy atom. The first-order chi connectivity index (χ1) is 13.2. The Morgan fingerprint density at radius 1 is 1.07 bits per heavy atom. The molecule has 28 heavy (non-hydrogen) atoms. The molecule has 12 heteroatoms. The van der Waals surface area contributed by atoms with Gasteiger partial charge < -0.3 is 10.1 Å². The van der Waals surface area contributed by atoms with Gasteiger partial charge >= 0.3 is 5.97 Å². The number of anilines is 1. The first kappa shape index (κ1) is 20.9. The van der Waals surface area contributed by atoms with Gasteiger partial charge in [0, 0.05) is 17.8 Å². The molecule has 148 valence electrons. The Morgan fingerprint density at radius 3 is 2.25 bits per heavy atom. The average Bonchev–Trinajstić information content (AvgIpc) is 2.65. The number of benzene rings is 2. The van der Waals surface area contributed by atoms with Crippen molar-refractivity contribution in [2.24, 2.45) is 0 Å². The third-order valence-corrected chi connectivity index (χ3v) is 4.67. The van der Waals surface area contributed by atoms with Gasteiger partial charge in [0.1, 0.15) is 12.4 Å². The Balaban J connectivity index is 1.79. The number of nitro groups is 1. The number of carbonyl (C=O) groups is 2. The first-order valence-electron chi connectivity index (χ1n) is 7.62. The Hall–Kier alpha value is -3.38. The Labute approximate surface area is 158 Å². The van der Waals surface area contributed by atoms with Crippen molar-refractivity contribution < 1.29 is 32.1 Å². The minimum absolute atomic E-state index is 0.155. The van der Waals surface area contributed by atoms with E-state index in [-0.39, 0.29) is 16.3 Å². The lowest BCUT2D eigenvalue weighted by molar-refractivity contribution is -0.384. The van der Waals surface area contributed by atoms with E-state index in [0.29, 0.717) is 0 Å². The van der Waals surface area contributed by atoms with Crippen molar-refractivity contribution in [1.82, 2.24) is 4.72 Å². The van der Waals surface area contributed by atoms with Crippen molar-refractivity contribution in [3.8, 4) is 0 Å². The van der Waals surface area contributed by atoms with Crippen LogP contribution < -0.4 is 10.0 Å². The summed E-state index contributed by atoms with van der Waals surface area (Å²) in [5.74, 6) is -2.34. The molecule has 2 rings (SSSR count). The second-order valence-electron chi connectivity index (χ2n) is 5.29. The van der Waals surface area contributed by atoms with Gasteiger partial charge in [-0.3, -0.25) is 19.7 Å². The maximum atomic E-state index is 12.8. The molecule has 0 saturated carbocycles. The molecule has 0 saturated heterocycles. The van der Waals surface area contributed by atoms with Crippen LogP contribution in [0, 0.1) is 15.9 Å². The number of non-ortho nitro benzene ring substituents is 1. The van der Waals surface area contributed by atoms with E-state index in [1.165, 1.54) is 24.3 Å². The number of amides is 1. The average molecular weight is 411 g/mol. The smallest absolute Gasteiger partial charge is 0.321 e. The summed E-state index contributed by atoms with van der Waals surface area (Å²) in [5.41, 5.74) is 0.0986. The van der Waals surface area contributed by atoms with Crippen molar-refractivity contribution >= 4 is 33.3 Å². The molecule has 2 N–H and O–H groups in total. The monoisotopic (exact) mass is 411 g/mol.